The van der Waals surface area contributed by atoms with Crippen molar-refractivity contribution in [1.82, 2.24) is 5.32 Å². The van der Waals surface area contributed by atoms with Crippen LogP contribution in [0.3, 0.4) is 0 Å². The lowest BCUT2D eigenvalue weighted by atomic mass is 10.1. The smallest absolute Gasteiger partial charge is 0.293 e. The number of hydrogen-bond acceptors (Lipinski definition) is 7. The number of morpholine rings is 1. The van der Waals surface area contributed by atoms with Gasteiger partial charge in [-0.1, -0.05) is 6.07 Å². The van der Waals surface area contributed by atoms with E-state index in [1.54, 1.807) is 24.3 Å². The molecule has 1 aliphatic rings. The highest BCUT2D eigenvalue weighted by Crippen LogP contribution is 2.30. The van der Waals surface area contributed by atoms with Crippen molar-refractivity contribution < 1.29 is 19.6 Å². The minimum atomic E-state index is -0.592. The molecule has 0 aromatic heterocycles. The number of thiocarbonyl (C=S) groups is 1. The van der Waals surface area contributed by atoms with Crippen molar-refractivity contribution >= 4 is 40.3 Å². The second-order valence-electron chi connectivity index (χ2n) is 6.49. The molecule has 0 bridgehead atoms. The summed E-state index contributed by atoms with van der Waals surface area (Å²) >= 11 is 5.11. The summed E-state index contributed by atoms with van der Waals surface area (Å²) in [5.41, 5.74) is 1.60. The van der Waals surface area contributed by atoms with Gasteiger partial charge in [0.2, 0.25) is 0 Å². The standard InChI is InChI=1S/C19H20N4O5S/c1-12-2-4-14(17(24)10-12)20-19(29)21-18(25)13-3-5-15(16(11-13)23(26)27)22-6-8-28-9-7-22/h2-5,10-11,24H,6-9H2,1H3,(H2,20,21,25,29). The molecular weight excluding hydrogens is 396 g/mol. The third-order valence-electron chi connectivity index (χ3n) is 4.41. The number of nitro benzene ring substituents is 1. The van der Waals surface area contributed by atoms with Gasteiger partial charge in [0.25, 0.3) is 11.6 Å². The highest BCUT2D eigenvalue weighted by Gasteiger charge is 2.23. The van der Waals surface area contributed by atoms with E-state index in [0.717, 1.165) is 5.56 Å². The van der Waals surface area contributed by atoms with Crippen LogP contribution < -0.4 is 15.5 Å². The Balaban J connectivity index is 1.73. The van der Waals surface area contributed by atoms with E-state index in [1.807, 2.05) is 11.8 Å². The number of nitrogens with zero attached hydrogens (tertiary/aromatic N) is 2. The molecule has 0 radical (unpaired) electrons. The summed E-state index contributed by atoms with van der Waals surface area (Å²) in [5.74, 6) is -0.599. The molecule has 3 N–H and O–H groups in total. The number of amides is 1. The maximum Gasteiger partial charge on any atom is 0.293 e. The first-order valence-electron chi connectivity index (χ1n) is 8.88. The van der Waals surface area contributed by atoms with E-state index in [9.17, 15) is 20.0 Å². The van der Waals surface area contributed by atoms with Gasteiger partial charge in [0.05, 0.1) is 23.8 Å². The monoisotopic (exact) mass is 416 g/mol. The SMILES string of the molecule is Cc1ccc(NC(=S)NC(=O)c2ccc(N3CCOCC3)c([N+](=O)[O-])c2)c(O)c1. The number of hydrogen-bond donors (Lipinski definition) is 3. The van der Waals surface area contributed by atoms with Gasteiger partial charge in [-0.3, -0.25) is 20.2 Å². The Labute approximate surface area is 172 Å². The van der Waals surface area contributed by atoms with Gasteiger partial charge in [0.15, 0.2) is 5.11 Å². The average molecular weight is 416 g/mol. The second-order valence-corrected chi connectivity index (χ2v) is 6.90. The largest absolute Gasteiger partial charge is 0.506 e. The molecule has 2 aromatic rings. The first-order valence-corrected chi connectivity index (χ1v) is 9.29. The Morgan fingerprint density at radius 1 is 1.24 bits per heavy atom. The summed E-state index contributed by atoms with van der Waals surface area (Å²) in [5, 5.41) is 26.6. The fourth-order valence-corrected chi connectivity index (χ4v) is 3.16. The van der Waals surface area contributed by atoms with Crippen molar-refractivity contribution in [3.05, 3.63) is 57.6 Å². The number of phenolic OH excluding ortho intramolecular Hbond substituents is 1. The van der Waals surface area contributed by atoms with Crippen LogP contribution in [-0.4, -0.2) is 47.4 Å². The molecule has 1 amide bonds. The Bertz CT molecular complexity index is 960. The summed E-state index contributed by atoms with van der Waals surface area (Å²) in [6.45, 7) is 3.90. The fraction of sp³-hybridized carbons (Fsp3) is 0.263. The van der Waals surface area contributed by atoms with Crippen LogP contribution >= 0.6 is 12.2 Å². The van der Waals surface area contributed by atoms with Gasteiger partial charge in [-0.25, -0.2) is 0 Å². The van der Waals surface area contributed by atoms with Crippen LogP contribution in [0.2, 0.25) is 0 Å². The Kier molecular flexibility index (Phi) is 6.25. The number of nitro groups is 1. The summed E-state index contributed by atoms with van der Waals surface area (Å²) < 4.78 is 5.28. The second kappa shape index (κ2) is 8.84. The quantitative estimate of drug-likeness (QED) is 0.301. The molecule has 9 nitrogen and oxygen atoms in total. The molecule has 0 aliphatic carbocycles. The van der Waals surface area contributed by atoms with Gasteiger partial charge in [-0.05, 0) is 49.0 Å². The summed E-state index contributed by atoms with van der Waals surface area (Å²) in [6.07, 6.45) is 0. The zero-order chi connectivity index (χ0) is 21.0. The molecule has 0 saturated carbocycles. The summed E-state index contributed by atoms with van der Waals surface area (Å²) in [4.78, 5) is 25.4. The molecule has 1 aliphatic heterocycles. The molecule has 1 saturated heterocycles. The third kappa shape index (κ3) is 4.98. The average Bonchev–Trinajstić information content (AvgIpc) is 2.70. The van der Waals surface area contributed by atoms with Crippen LogP contribution in [0.1, 0.15) is 15.9 Å². The Hall–Kier alpha value is -3.24. The van der Waals surface area contributed by atoms with Crippen molar-refractivity contribution in [2.24, 2.45) is 0 Å². The summed E-state index contributed by atoms with van der Waals surface area (Å²) in [6, 6.07) is 9.26. The van der Waals surface area contributed by atoms with Gasteiger partial charge >= 0.3 is 0 Å². The maximum absolute atomic E-state index is 12.5. The Morgan fingerprint density at radius 3 is 2.62 bits per heavy atom. The zero-order valence-corrected chi connectivity index (χ0v) is 16.5. The molecule has 29 heavy (non-hydrogen) atoms. The first-order chi connectivity index (χ1) is 13.8. The third-order valence-corrected chi connectivity index (χ3v) is 4.62. The number of carbonyl (C=O) groups is 1. The van der Waals surface area contributed by atoms with Crippen LogP contribution in [0, 0.1) is 17.0 Å². The highest BCUT2D eigenvalue weighted by atomic mass is 32.1. The molecule has 3 rings (SSSR count). The van der Waals surface area contributed by atoms with Crippen LogP contribution in [0.15, 0.2) is 36.4 Å². The number of benzene rings is 2. The van der Waals surface area contributed by atoms with Gasteiger partial charge in [-0.15, -0.1) is 0 Å². The number of ether oxygens (including phenoxy) is 1. The fourth-order valence-electron chi connectivity index (χ4n) is 2.96. The molecule has 1 fully saturated rings. The van der Waals surface area contributed by atoms with Crippen LogP contribution in [-0.2, 0) is 4.74 Å². The number of phenols is 1. The van der Waals surface area contributed by atoms with Crippen LogP contribution in [0.5, 0.6) is 5.75 Å². The maximum atomic E-state index is 12.5. The van der Waals surface area contributed by atoms with Gasteiger partial charge in [0, 0.05) is 24.7 Å². The molecule has 152 valence electrons. The van der Waals surface area contributed by atoms with E-state index in [0.29, 0.717) is 37.7 Å². The van der Waals surface area contributed by atoms with Crippen LogP contribution in [0.4, 0.5) is 17.1 Å². The van der Waals surface area contributed by atoms with Gasteiger partial charge in [0.1, 0.15) is 11.4 Å². The number of nitrogens with one attached hydrogen (secondary N) is 2. The normalized spacial score (nSPS) is 13.6. The number of aromatic hydroxyl groups is 1. The first kappa shape index (κ1) is 20.5. The van der Waals surface area contributed by atoms with Crippen LogP contribution in [0.25, 0.3) is 0 Å². The lowest BCUT2D eigenvalue weighted by Gasteiger charge is -2.28. The highest BCUT2D eigenvalue weighted by molar-refractivity contribution is 7.80. The topological polar surface area (TPSA) is 117 Å². The molecule has 0 atom stereocenters. The number of anilines is 2. The van der Waals surface area contributed by atoms with Gasteiger partial charge < -0.3 is 20.1 Å². The predicted molar refractivity (Wildman–Crippen MR) is 113 cm³/mol. The minimum absolute atomic E-state index is 0.00731. The molecule has 2 aromatic carbocycles. The predicted octanol–water partition coefficient (Wildman–Crippen LogP) is 2.57. The van der Waals surface area contributed by atoms with Crippen molar-refractivity contribution in [2.75, 3.05) is 36.5 Å². The van der Waals surface area contributed by atoms with Crippen molar-refractivity contribution in [3.63, 3.8) is 0 Å². The van der Waals surface area contributed by atoms with Crippen molar-refractivity contribution in [3.8, 4) is 5.75 Å². The lowest BCUT2D eigenvalue weighted by Crippen LogP contribution is -2.37. The van der Waals surface area contributed by atoms with Crippen molar-refractivity contribution in [1.29, 1.82) is 0 Å². The zero-order valence-electron chi connectivity index (χ0n) is 15.7. The molecule has 1 heterocycles. The Morgan fingerprint density at radius 2 is 1.97 bits per heavy atom. The van der Waals surface area contributed by atoms with Gasteiger partial charge in [-0.2, -0.15) is 0 Å². The number of carbonyl (C=O) groups excluding carboxylic acids is 1. The van der Waals surface area contributed by atoms with E-state index >= 15 is 0 Å². The molecule has 0 spiro atoms. The molecule has 0 unspecified atom stereocenters. The van der Waals surface area contributed by atoms with E-state index in [2.05, 4.69) is 10.6 Å². The van der Waals surface area contributed by atoms with E-state index in [-0.39, 0.29) is 22.1 Å². The van der Waals surface area contributed by atoms with E-state index < -0.39 is 10.8 Å². The number of rotatable bonds is 4. The minimum Gasteiger partial charge on any atom is -0.506 e. The van der Waals surface area contributed by atoms with E-state index in [1.165, 1.54) is 12.1 Å². The number of aryl methyl sites for hydroxylation is 1. The molecule has 10 heteroatoms. The molecular formula is C19H20N4O5S. The van der Waals surface area contributed by atoms with E-state index in [4.69, 9.17) is 17.0 Å². The summed E-state index contributed by atoms with van der Waals surface area (Å²) in [7, 11) is 0. The van der Waals surface area contributed by atoms with Crippen molar-refractivity contribution in [2.45, 2.75) is 6.92 Å². The lowest BCUT2D eigenvalue weighted by molar-refractivity contribution is -0.384.